The van der Waals surface area contributed by atoms with Gasteiger partial charge in [-0.05, 0) is 25.0 Å². The smallest absolute Gasteiger partial charge is 0.307 e. The number of carboxylic acid groups (broad SMARTS) is 1. The normalized spacial score (nSPS) is 20.9. The van der Waals surface area contributed by atoms with Crippen LogP contribution in [0.1, 0.15) is 17.5 Å². The Morgan fingerprint density at radius 2 is 2.17 bits per heavy atom. The highest BCUT2D eigenvalue weighted by Gasteiger charge is 2.48. The molecule has 0 aromatic heterocycles. The van der Waals surface area contributed by atoms with E-state index in [0.717, 1.165) is 5.56 Å². The minimum absolute atomic E-state index is 0.329. The minimum atomic E-state index is -0.945. The van der Waals surface area contributed by atoms with E-state index in [0.29, 0.717) is 17.7 Å². The number of amides is 1. The van der Waals surface area contributed by atoms with Crippen LogP contribution in [0.5, 0.6) is 0 Å². The monoisotopic (exact) mass is 244 g/mol. The lowest BCUT2D eigenvalue weighted by Crippen LogP contribution is -2.17. The number of rotatable bonds is 3. The number of carboxylic acids is 1. The summed E-state index contributed by atoms with van der Waals surface area (Å²) in [5, 5.41) is 20.4. The lowest BCUT2D eigenvalue weighted by molar-refractivity contribution is -0.139. The topological polar surface area (TPSA) is 90.2 Å². The fraction of sp³-hybridized carbons (Fsp3) is 0.308. The van der Waals surface area contributed by atoms with E-state index < -0.39 is 17.8 Å². The first-order valence-corrected chi connectivity index (χ1v) is 5.58. The van der Waals surface area contributed by atoms with Crippen molar-refractivity contribution in [2.75, 3.05) is 5.32 Å². The molecule has 0 aliphatic heterocycles. The molecule has 0 unspecified atom stereocenters. The Morgan fingerprint density at radius 1 is 1.44 bits per heavy atom. The van der Waals surface area contributed by atoms with Crippen LogP contribution in [0.4, 0.5) is 5.69 Å². The van der Waals surface area contributed by atoms with Gasteiger partial charge in [0.15, 0.2) is 0 Å². The molecule has 0 radical (unpaired) electrons. The zero-order valence-electron chi connectivity index (χ0n) is 9.80. The van der Waals surface area contributed by atoms with Gasteiger partial charge in [0.25, 0.3) is 0 Å². The molecule has 0 bridgehead atoms. The molecule has 1 aromatic rings. The van der Waals surface area contributed by atoms with Crippen molar-refractivity contribution < 1.29 is 14.7 Å². The number of aryl methyl sites for hydroxylation is 1. The van der Waals surface area contributed by atoms with Gasteiger partial charge in [-0.1, -0.05) is 12.1 Å². The van der Waals surface area contributed by atoms with Crippen molar-refractivity contribution in [1.29, 1.82) is 5.26 Å². The maximum Gasteiger partial charge on any atom is 0.307 e. The summed E-state index contributed by atoms with van der Waals surface area (Å²) in [7, 11) is 0. The SMILES string of the molecule is Cc1cccc(NC(=O)[C@@H]2C[C@@H]2C(=O)O)c1C#N. The largest absolute Gasteiger partial charge is 0.481 e. The lowest BCUT2D eigenvalue weighted by Gasteiger charge is -2.08. The van der Waals surface area contributed by atoms with Crippen LogP contribution in [-0.2, 0) is 9.59 Å². The quantitative estimate of drug-likeness (QED) is 0.843. The fourth-order valence-corrected chi connectivity index (χ4v) is 1.90. The van der Waals surface area contributed by atoms with E-state index in [4.69, 9.17) is 10.4 Å². The highest BCUT2D eigenvalue weighted by atomic mass is 16.4. The summed E-state index contributed by atoms with van der Waals surface area (Å²) in [6.45, 7) is 1.78. The first-order chi connectivity index (χ1) is 8.54. The summed E-state index contributed by atoms with van der Waals surface area (Å²) in [4.78, 5) is 22.5. The second kappa shape index (κ2) is 4.49. The van der Waals surface area contributed by atoms with Gasteiger partial charge in [-0.15, -0.1) is 0 Å². The van der Waals surface area contributed by atoms with E-state index >= 15 is 0 Å². The summed E-state index contributed by atoms with van der Waals surface area (Å²) in [6.07, 6.45) is 0.370. The molecule has 1 aliphatic carbocycles. The second-order valence-electron chi connectivity index (χ2n) is 4.39. The van der Waals surface area contributed by atoms with Crippen LogP contribution in [0.25, 0.3) is 0 Å². The number of benzene rings is 1. The first kappa shape index (κ1) is 12.1. The Bertz CT molecular complexity index is 560. The zero-order valence-corrected chi connectivity index (χ0v) is 9.80. The maximum absolute atomic E-state index is 11.8. The number of hydrogen-bond acceptors (Lipinski definition) is 3. The third kappa shape index (κ3) is 2.18. The molecule has 0 heterocycles. The molecule has 0 spiro atoms. The molecule has 2 atom stereocenters. The molecular formula is C13H12N2O3. The summed E-state index contributed by atoms with van der Waals surface area (Å²) < 4.78 is 0. The summed E-state index contributed by atoms with van der Waals surface area (Å²) in [6, 6.07) is 7.20. The van der Waals surface area contributed by atoms with Crippen molar-refractivity contribution in [2.45, 2.75) is 13.3 Å². The number of anilines is 1. The van der Waals surface area contributed by atoms with Gasteiger partial charge in [0.05, 0.1) is 23.1 Å². The number of carbonyl (C=O) groups is 2. The predicted octanol–water partition coefficient (Wildman–Crippen LogP) is 1.53. The average Bonchev–Trinajstić information content (AvgIpc) is 3.09. The van der Waals surface area contributed by atoms with Crippen molar-refractivity contribution in [3.63, 3.8) is 0 Å². The Labute approximate surface area is 104 Å². The van der Waals surface area contributed by atoms with Crippen molar-refractivity contribution >= 4 is 17.6 Å². The van der Waals surface area contributed by atoms with Crippen molar-refractivity contribution in [2.24, 2.45) is 11.8 Å². The van der Waals surface area contributed by atoms with Crippen LogP contribution in [0.15, 0.2) is 18.2 Å². The predicted molar refractivity (Wildman–Crippen MR) is 63.8 cm³/mol. The van der Waals surface area contributed by atoms with E-state index in [1.807, 2.05) is 6.07 Å². The van der Waals surface area contributed by atoms with Gasteiger partial charge in [-0.3, -0.25) is 9.59 Å². The molecular weight excluding hydrogens is 232 g/mol. The average molecular weight is 244 g/mol. The van der Waals surface area contributed by atoms with E-state index in [1.54, 1.807) is 25.1 Å². The molecule has 92 valence electrons. The Kier molecular flexibility index (Phi) is 3.02. The van der Waals surface area contributed by atoms with Crippen molar-refractivity contribution in [1.82, 2.24) is 0 Å². The second-order valence-corrected chi connectivity index (χ2v) is 4.39. The number of hydrogen-bond donors (Lipinski definition) is 2. The van der Waals surface area contributed by atoms with Gasteiger partial charge in [0, 0.05) is 0 Å². The molecule has 0 saturated heterocycles. The third-order valence-electron chi connectivity index (χ3n) is 3.09. The molecule has 1 aliphatic rings. The van der Waals surface area contributed by atoms with E-state index in [-0.39, 0.29) is 5.91 Å². The van der Waals surface area contributed by atoms with Gasteiger partial charge in [0.2, 0.25) is 5.91 Å². The standard InChI is InChI=1S/C13H12N2O3/c1-7-3-2-4-11(10(7)6-14)15-12(16)8-5-9(8)13(17)18/h2-4,8-9H,5H2,1H3,(H,15,16)(H,17,18)/t8-,9+/m1/s1. The molecule has 1 amide bonds. The molecule has 2 N–H and O–H groups in total. The Morgan fingerprint density at radius 3 is 2.72 bits per heavy atom. The first-order valence-electron chi connectivity index (χ1n) is 5.58. The molecule has 5 heteroatoms. The summed E-state index contributed by atoms with van der Waals surface area (Å²) in [5.41, 5.74) is 1.64. The zero-order chi connectivity index (χ0) is 13.3. The van der Waals surface area contributed by atoms with Crippen LogP contribution in [-0.4, -0.2) is 17.0 Å². The molecule has 1 fully saturated rings. The molecule has 1 aromatic carbocycles. The number of nitrogens with one attached hydrogen (secondary N) is 1. The molecule has 1 saturated carbocycles. The van der Waals surface area contributed by atoms with E-state index in [1.165, 1.54) is 0 Å². The third-order valence-corrected chi connectivity index (χ3v) is 3.09. The number of aliphatic carboxylic acids is 1. The summed E-state index contributed by atoms with van der Waals surface area (Å²) >= 11 is 0. The molecule has 2 rings (SSSR count). The van der Waals surface area contributed by atoms with Crippen LogP contribution < -0.4 is 5.32 Å². The van der Waals surface area contributed by atoms with Crippen LogP contribution in [0, 0.1) is 30.1 Å². The molecule has 18 heavy (non-hydrogen) atoms. The van der Waals surface area contributed by atoms with Crippen molar-refractivity contribution in [3.8, 4) is 6.07 Å². The van der Waals surface area contributed by atoms with Crippen LogP contribution in [0.2, 0.25) is 0 Å². The van der Waals surface area contributed by atoms with Gasteiger partial charge in [-0.2, -0.15) is 5.26 Å². The highest BCUT2D eigenvalue weighted by molar-refractivity contribution is 5.99. The Balaban J connectivity index is 2.12. The minimum Gasteiger partial charge on any atom is -0.481 e. The van der Waals surface area contributed by atoms with E-state index in [9.17, 15) is 9.59 Å². The fourth-order valence-electron chi connectivity index (χ4n) is 1.90. The Hall–Kier alpha value is -2.35. The lowest BCUT2D eigenvalue weighted by atomic mass is 10.1. The van der Waals surface area contributed by atoms with E-state index in [2.05, 4.69) is 5.32 Å². The maximum atomic E-state index is 11.8. The van der Waals surface area contributed by atoms with Crippen LogP contribution in [0.3, 0.4) is 0 Å². The highest BCUT2D eigenvalue weighted by Crippen LogP contribution is 2.39. The van der Waals surface area contributed by atoms with Gasteiger partial charge in [-0.25, -0.2) is 0 Å². The van der Waals surface area contributed by atoms with Crippen molar-refractivity contribution in [3.05, 3.63) is 29.3 Å². The van der Waals surface area contributed by atoms with Gasteiger partial charge in [0.1, 0.15) is 6.07 Å². The number of carbonyl (C=O) groups excluding carboxylic acids is 1. The number of nitriles is 1. The number of nitrogens with zero attached hydrogens (tertiary/aromatic N) is 1. The van der Waals surface area contributed by atoms with Gasteiger partial charge < -0.3 is 10.4 Å². The van der Waals surface area contributed by atoms with Gasteiger partial charge >= 0.3 is 5.97 Å². The molecule has 5 nitrogen and oxygen atoms in total. The summed E-state index contributed by atoms with van der Waals surface area (Å²) in [5.74, 6) is -2.33. The van der Waals surface area contributed by atoms with Crippen LogP contribution >= 0.6 is 0 Å².